The maximum absolute atomic E-state index is 13.2. The van der Waals surface area contributed by atoms with E-state index in [1.807, 2.05) is 53.4 Å². The molecular formula is C22H22N2O2. The minimum absolute atomic E-state index is 0.00385. The molecule has 5 atom stereocenters. The molecule has 0 aromatic heterocycles. The van der Waals surface area contributed by atoms with Crippen LogP contribution in [0.3, 0.4) is 0 Å². The molecule has 4 heteroatoms. The topological polar surface area (TPSA) is 49.4 Å². The highest BCUT2D eigenvalue weighted by molar-refractivity contribution is 5.92. The summed E-state index contributed by atoms with van der Waals surface area (Å²) in [6, 6.07) is 20.0. The lowest BCUT2D eigenvalue weighted by Gasteiger charge is -2.65. The van der Waals surface area contributed by atoms with Crippen LogP contribution < -0.4 is 5.32 Å². The summed E-state index contributed by atoms with van der Waals surface area (Å²) < 4.78 is 0. The first-order valence-corrected chi connectivity index (χ1v) is 9.33. The largest absolute Gasteiger partial charge is 0.330 e. The standard InChI is InChI=1S/C22H22N2O2/c1-14(25)22-18(15-8-4-2-5-9-15)17-12-13-24(20(17)22)21(26)23-19(22)16-10-6-3-7-11-16/h2-11,17-20H,12-13H2,1H3,(H,23,26). The summed E-state index contributed by atoms with van der Waals surface area (Å²) in [7, 11) is 0. The molecule has 5 unspecified atom stereocenters. The number of hydrogen-bond donors (Lipinski definition) is 1. The first-order valence-electron chi connectivity index (χ1n) is 9.33. The number of carbonyl (C=O) groups is 2. The monoisotopic (exact) mass is 346 g/mol. The van der Waals surface area contributed by atoms with E-state index in [0.717, 1.165) is 18.5 Å². The van der Waals surface area contributed by atoms with Gasteiger partial charge in [-0.05, 0) is 30.4 Å². The van der Waals surface area contributed by atoms with Crippen LogP contribution in [-0.2, 0) is 4.79 Å². The molecule has 3 fully saturated rings. The van der Waals surface area contributed by atoms with Gasteiger partial charge in [0.2, 0.25) is 0 Å². The summed E-state index contributed by atoms with van der Waals surface area (Å²) >= 11 is 0. The van der Waals surface area contributed by atoms with E-state index in [1.165, 1.54) is 5.56 Å². The number of nitrogens with zero attached hydrogens (tertiary/aromatic N) is 1. The minimum atomic E-state index is -0.599. The molecule has 1 saturated carbocycles. The molecule has 26 heavy (non-hydrogen) atoms. The van der Waals surface area contributed by atoms with Gasteiger partial charge in [0.1, 0.15) is 5.78 Å². The molecule has 2 heterocycles. The molecule has 2 aromatic rings. The van der Waals surface area contributed by atoms with Gasteiger partial charge in [-0.3, -0.25) is 4.79 Å². The van der Waals surface area contributed by atoms with E-state index in [1.54, 1.807) is 6.92 Å². The van der Waals surface area contributed by atoms with Crippen LogP contribution in [0.5, 0.6) is 0 Å². The van der Waals surface area contributed by atoms with Gasteiger partial charge in [0.05, 0.1) is 17.5 Å². The second-order valence-corrected chi connectivity index (χ2v) is 7.76. The van der Waals surface area contributed by atoms with Crippen molar-refractivity contribution in [1.29, 1.82) is 0 Å². The van der Waals surface area contributed by atoms with Crippen LogP contribution >= 0.6 is 0 Å². The van der Waals surface area contributed by atoms with Crippen molar-refractivity contribution in [3.63, 3.8) is 0 Å². The van der Waals surface area contributed by atoms with Crippen LogP contribution in [0.25, 0.3) is 0 Å². The molecule has 2 saturated heterocycles. The summed E-state index contributed by atoms with van der Waals surface area (Å²) in [5.41, 5.74) is 1.63. The number of hydrogen-bond acceptors (Lipinski definition) is 2. The highest BCUT2D eigenvalue weighted by atomic mass is 16.2. The Morgan fingerprint density at radius 2 is 1.65 bits per heavy atom. The number of Topliss-reactive ketones (excluding diaryl/α,β-unsaturated/α-hetero) is 1. The molecule has 4 nitrogen and oxygen atoms in total. The average Bonchev–Trinajstić information content (AvgIpc) is 3.05. The third-order valence-electron chi connectivity index (χ3n) is 6.78. The third kappa shape index (κ3) is 1.79. The van der Waals surface area contributed by atoms with E-state index in [4.69, 9.17) is 0 Å². The molecule has 5 rings (SSSR count). The first kappa shape index (κ1) is 15.6. The normalized spacial score (nSPS) is 34.7. The van der Waals surface area contributed by atoms with Crippen molar-refractivity contribution < 1.29 is 9.59 Å². The summed E-state index contributed by atoms with van der Waals surface area (Å²) in [4.78, 5) is 27.8. The first-order chi connectivity index (χ1) is 12.7. The zero-order chi connectivity index (χ0) is 17.9. The van der Waals surface area contributed by atoms with E-state index in [9.17, 15) is 9.59 Å². The van der Waals surface area contributed by atoms with Gasteiger partial charge in [-0.25, -0.2) is 4.79 Å². The van der Waals surface area contributed by atoms with Crippen LogP contribution in [0.15, 0.2) is 60.7 Å². The number of amides is 2. The van der Waals surface area contributed by atoms with Gasteiger partial charge in [-0.2, -0.15) is 0 Å². The van der Waals surface area contributed by atoms with Gasteiger partial charge in [-0.1, -0.05) is 60.7 Å². The fraction of sp³-hybridized carbons (Fsp3) is 0.364. The molecule has 132 valence electrons. The van der Waals surface area contributed by atoms with Crippen molar-refractivity contribution in [3.05, 3.63) is 71.8 Å². The predicted molar refractivity (Wildman–Crippen MR) is 98.6 cm³/mol. The van der Waals surface area contributed by atoms with Crippen molar-refractivity contribution in [1.82, 2.24) is 10.2 Å². The maximum atomic E-state index is 13.2. The quantitative estimate of drug-likeness (QED) is 0.924. The van der Waals surface area contributed by atoms with Crippen LogP contribution in [0.1, 0.15) is 36.4 Å². The summed E-state index contributed by atoms with van der Waals surface area (Å²) in [5, 5.41) is 3.18. The lowest BCUT2D eigenvalue weighted by atomic mass is 9.43. The van der Waals surface area contributed by atoms with Crippen molar-refractivity contribution in [3.8, 4) is 0 Å². The van der Waals surface area contributed by atoms with Gasteiger partial charge in [0.15, 0.2) is 0 Å². The highest BCUT2D eigenvalue weighted by Gasteiger charge is 2.74. The highest BCUT2D eigenvalue weighted by Crippen LogP contribution is 2.69. The van der Waals surface area contributed by atoms with E-state index < -0.39 is 5.41 Å². The summed E-state index contributed by atoms with van der Waals surface area (Å²) in [6.07, 6.45) is 0.966. The Morgan fingerprint density at radius 3 is 2.27 bits per heavy atom. The van der Waals surface area contributed by atoms with Crippen LogP contribution in [0.4, 0.5) is 4.79 Å². The molecule has 1 N–H and O–H groups in total. The molecule has 0 radical (unpaired) electrons. The number of benzene rings is 2. The zero-order valence-electron chi connectivity index (χ0n) is 14.8. The van der Waals surface area contributed by atoms with Gasteiger partial charge < -0.3 is 10.2 Å². The molecule has 0 bridgehead atoms. The molecule has 2 aliphatic heterocycles. The zero-order valence-corrected chi connectivity index (χ0v) is 14.8. The Kier molecular flexibility index (Phi) is 3.27. The second-order valence-electron chi connectivity index (χ2n) is 7.76. The van der Waals surface area contributed by atoms with Gasteiger partial charge in [0, 0.05) is 12.5 Å². The molecule has 1 aliphatic carbocycles. The van der Waals surface area contributed by atoms with Crippen molar-refractivity contribution in [2.45, 2.75) is 31.3 Å². The van der Waals surface area contributed by atoms with Crippen LogP contribution in [0, 0.1) is 11.3 Å². The molecule has 3 aliphatic rings. The Bertz CT molecular complexity index is 866. The number of nitrogens with one attached hydrogen (secondary N) is 1. The number of carbonyl (C=O) groups excluding carboxylic acids is 2. The van der Waals surface area contributed by atoms with Gasteiger partial charge >= 0.3 is 6.03 Å². The van der Waals surface area contributed by atoms with Crippen molar-refractivity contribution in [2.75, 3.05) is 6.54 Å². The number of rotatable bonds is 3. The molecule has 2 amide bonds. The number of ketones is 1. The SMILES string of the molecule is CC(=O)C12C(c3ccccc3)NC(=O)N3CCC(C1c1ccccc1)C32. The Morgan fingerprint density at radius 1 is 1.04 bits per heavy atom. The predicted octanol–water partition coefficient (Wildman–Crippen LogP) is 3.51. The summed E-state index contributed by atoms with van der Waals surface area (Å²) in [6.45, 7) is 2.44. The van der Waals surface area contributed by atoms with Crippen molar-refractivity contribution in [2.24, 2.45) is 11.3 Å². The van der Waals surface area contributed by atoms with Crippen LogP contribution in [-0.4, -0.2) is 29.3 Å². The van der Waals surface area contributed by atoms with Gasteiger partial charge in [-0.15, -0.1) is 0 Å². The van der Waals surface area contributed by atoms with E-state index in [0.29, 0.717) is 5.92 Å². The Balaban J connectivity index is 1.71. The lowest BCUT2D eigenvalue weighted by molar-refractivity contribution is -0.155. The van der Waals surface area contributed by atoms with Gasteiger partial charge in [0.25, 0.3) is 0 Å². The van der Waals surface area contributed by atoms with E-state index >= 15 is 0 Å². The average molecular weight is 346 g/mol. The van der Waals surface area contributed by atoms with Crippen LogP contribution in [0.2, 0.25) is 0 Å². The smallest absolute Gasteiger partial charge is 0.318 e. The fourth-order valence-electron chi connectivity index (χ4n) is 5.92. The Labute approximate surface area is 153 Å². The molecular weight excluding hydrogens is 324 g/mol. The lowest BCUT2D eigenvalue weighted by Crippen LogP contribution is -2.75. The minimum Gasteiger partial charge on any atom is -0.330 e. The maximum Gasteiger partial charge on any atom is 0.318 e. The second kappa shape index (κ2) is 5.44. The number of urea groups is 1. The summed E-state index contributed by atoms with van der Waals surface area (Å²) in [5.74, 6) is 0.675. The Hall–Kier alpha value is -2.62. The van der Waals surface area contributed by atoms with E-state index in [-0.39, 0.29) is 29.8 Å². The molecule has 0 spiro atoms. The molecule has 2 aromatic carbocycles. The van der Waals surface area contributed by atoms with Crippen molar-refractivity contribution >= 4 is 11.8 Å². The third-order valence-corrected chi connectivity index (χ3v) is 6.78. The van der Waals surface area contributed by atoms with E-state index in [2.05, 4.69) is 17.4 Å². The fourth-order valence-corrected chi connectivity index (χ4v) is 5.92.